The lowest BCUT2D eigenvalue weighted by atomic mass is 9.86. The van der Waals surface area contributed by atoms with E-state index in [-0.39, 0.29) is 11.5 Å². The summed E-state index contributed by atoms with van der Waals surface area (Å²) in [6, 6.07) is 2.93. The Morgan fingerprint density at radius 3 is 1.50 bits per heavy atom. The Morgan fingerprint density at radius 2 is 1.20 bits per heavy atom. The van der Waals surface area contributed by atoms with Crippen molar-refractivity contribution >= 4 is 0 Å². The van der Waals surface area contributed by atoms with E-state index in [0.29, 0.717) is 25.0 Å². The van der Waals surface area contributed by atoms with Gasteiger partial charge < -0.3 is 9.47 Å². The molecule has 3 rings (SSSR count). The third kappa shape index (κ3) is 2.89. The average Bonchev–Trinajstić information content (AvgIpc) is 2.33. The Hall–Kier alpha value is -1.32. The van der Waals surface area contributed by atoms with E-state index >= 15 is 0 Å². The van der Waals surface area contributed by atoms with Crippen molar-refractivity contribution in [3.63, 3.8) is 0 Å². The van der Waals surface area contributed by atoms with Crippen molar-refractivity contribution in [2.24, 2.45) is 11.8 Å². The number of rotatable bonds is 6. The topological polar surface area (TPSA) is 18.5 Å². The summed E-state index contributed by atoms with van der Waals surface area (Å²) in [5.41, 5.74) is 0. The second-order valence-electron chi connectivity index (χ2n) is 5.91. The number of hydrogen-bond donors (Lipinski definition) is 0. The first-order chi connectivity index (χ1) is 9.74. The molecule has 0 spiro atoms. The molecule has 2 aliphatic carbocycles. The maximum Gasteiger partial charge on any atom is 0.204 e. The van der Waals surface area contributed by atoms with Crippen LogP contribution in [0.15, 0.2) is 12.1 Å². The highest BCUT2D eigenvalue weighted by molar-refractivity contribution is 5.35. The third-order valence-electron chi connectivity index (χ3n) is 4.41. The maximum atomic E-state index is 13.9. The van der Waals surface area contributed by atoms with Gasteiger partial charge in [-0.2, -0.15) is 8.78 Å². The molecule has 0 amide bonds. The van der Waals surface area contributed by atoms with E-state index in [1.54, 1.807) is 0 Å². The van der Waals surface area contributed by atoms with Crippen LogP contribution in [0.3, 0.4) is 0 Å². The number of hydrogen-bond acceptors (Lipinski definition) is 2. The molecule has 0 bridgehead atoms. The van der Waals surface area contributed by atoms with Crippen LogP contribution in [0.2, 0.25) is 0 Å². The first-order valence-electron chi connectivity index (χ1n) is 7.47. The van der Waals surface area contributed by atoms with Crippen molar-refractivity contribution in [1.29, 1.82) is 0 Å². The number of ether oxygens (including phenoxy) is 2. The van der Waals surface area contributed by atoms with Gasteiger partial charge in [0.05, 0.1) is 13.2 Å². The summed E-state index contributed by atoms with van der Waals surface area (Å²) in [6.45, 7) is 0.942. The van der Waals surface area contributed by atoms with E-state index in [0.717, 1.165) is 25.7 Å². The molecule has 110 valence electrons. The highest BCUT2D eigenvalue weighted by atomic mass is 19.2. The molecule has 0 aromatic heterocycles. The standard InChI is InChI=1S/C16H20F2O2/c17-15-13(19-9-11-3-1-4-11)7-8-14(16(15)18)20-10-12-5-2-6-12/h7-8,11-12H,1-6,9-10H2. The smallest absolute Gasteiger partial charge is 0.204 e. The van der Waals surface area contributed by atoms with E-state index in [2.05, 4.69) is 0 Å². The molecule has 1 aromatic rings. The predicted molar refractivity (Wildman–Crippen MR) is 72.0 cm³/mol. The molecule has 2 aliphatic rings. The van der Waals surface area contributed by atoms with Crippen LogP contribution >= 0.6 is 0 Å². The Kier molecular flexibility index (Phi) is 4.08. The molecule has 20 heavy (non-hydrogen) atoms. The summed E-state index contributed by atoms with van der Waals surface area (Å²) in [6.07, 6.45) is 6.89. The van der Waals surface area contributed by atoms with Gasteiger partial charge in [0.15, 0.2) is 11.5 Å². The molecule has 0 heterocycles. The van der Waals surface area contributed by atoms with Crippen molar-refractivity contribution in [3.8, 4) is 11.5 Å². The molecule has 0 unspecified atom stereocenters. The van der Waals surface area contributed by atoms with Crippen molar-refractivity contribution in [3.05, 3.63) is 23.8 Å². The van der Waals surface area contributed by atoms with Crippen LogP contribution in [-0.2, 0) is 0 Å². The summed E-state index contributed by atoms with van der Waals surface area (Å²) in [4.78, 5) is 0. The lowest BCUT2D eigenvalue weighted by Crippen LogP contribution is -2.20. The minimum atomic E-state index is -0.935. The summed E-state index contributed by atoms with van der Waals surface area (Å²) in [5, 5.41) is 0. The SMILES string of the molecule is Fc1c(OCC2CCC2)ccc(OCC2CCC2)c1F. The first kappa shape index (κ1) is 13.7. The van der Waals surface area contributed by atoms with Gasteiger partial charge in [-0.25, -0.2) is 0 Å². The highest BCUT2D eigenvalue weighted by Gasteiger charge is 2.22. The molecule has 2 saturated carbocycles. The minimum absolute atomic E-state index is 0.00889. The molecule has 0 N–H and O–H groups in total. The largest absolute Gasteiger partial charge is 0.490 e. The highest BCUT2D eigenvalue weighted by Crippen LogP contribution is 2.32. The molecule has 2 nitrogen and oxygen atoms in total. The number of benzene rings is 1. The van der Waals surface area contributed by atoms with Crippen molar-refractivity contribution in [2.75, 3.05) is 13.2 Å². The quantitative estimate of drug-likeness (QED) is 0.773. The lowest BCUT2D eigenvalue weighted by Gasteiger charge is -2.26. The average molecular weight is 282 g/mol. The van der Waals surface area contributed by atoms with Gasteiger partial charge in [0, 0.05) is 0 Å². The van der Waals surface area contributed by atoms with Gasteiger partial charge in [0.2, 0.25) is 11.6 Å². The van der Waals surface area contributed by atoms with Crippen molar-refractivity contribution in [1.82, 2.24) is 0 Å². The zero-order valence-corrected chi connectivity index (χ0v) is 11.5. The fourth-order valence-electron chi connectivity index (χ4n) is 2.47. The molecule has 0 saturated heterocycles. The molecule has 2 fully saturated rings. The molecule has 0 radical (unpaired) electrons. The molecular formula is C16H20F2O2. The van der Waals surface area contributed by atoms with Crippen molar-refractivity contribution < 1.29 is 18.3 Å². The first-order valence-corrected chi connectivity index (χ1v) is 7.47. The van der Waals surface area contributed by atoms with E-state index in [1.165, 1.54) is 25.0 Å². The Labute approximate surface area is 118 Å². The van der Waals surface area contributed by atoms with Crippen LogP contribution < -0.4 is 9.47 Å². The van der Waals surface area contributed by atoms with Crippen LogP contribution in [-0.4, -0.2) is 13.2 Å². The molecule has 0 aliphatic heterocycles. The van der Waals surface area contributed by atoms with Gasteiger partial charge in [-0.3, -0.25) is 0 Å². The second kappa shape index (κ2) is 5.98. The number of halogens is 2. The summed E-state index contributed by atoms with van der Waals surface area (Å²) in [7, 11) is 0. The second-order valence-corrected chi connectivity index (χ2v) is 5.91. The summed E-state index contributed by atoms with van der Waals surface area (Å²) >= 11 is 0. The molecule has 1 aromatic carbocycles. The van der Waals surface area contributed by atoms with E-state index < -0.39 is 11.6 Å². The van der Waals surface area contributed by atoms with Gasteiger partial charge in [0.1, 0.15) is 0 Å². The predicted octanol–water partition coefficient (Wildman–Crippen LogP) is 4.32. The van der Waals surface area contributed by atoms with E-state index in [1.807, 2.05) is 0 Å². The summed E-state index contributed by atoms with van der Waals surface area (Å²) < 4.78 is 38.5. The van der Waals surface area contributed by atoms with Gasteiger partial charge in [-0.15, -0.1) is 0 Å². The van der Waals surface area contributed by atoms with Crippen LogP contribution in [0.5, 0.6) is 11.5 Å². The fraction of sp³-hybridized carbons (Fsp3) is 0.625. The third-order valence-corrected chi connectivity index (χ3v) is 4.41. The zero-order chi connectivity index (χ0) is 13.9. The van der Waals surface area contributed by atoms with Crippen LogP contribution in [0.25, 0.3) is 0 Å². The summed E-state index contributed by atoms with van der Waals surface area (Å²) in [5.74, 6) is -0.902. The Morgan fingerprint density at radius 1 is 0.800 bits per heavy atom. The molecule has 0 atom stereocenters. The van der Waals surface area contributed by atoms with E-state index in [4.69, 9.17) is 9.47 Å². The van der Waals surface area contributed by atoms with E-state index in [9.17, 15) is 8.78 Å². The fourth-order valence-corrected chi connectivity index (χ4v) is 2.47. The van der Waals surface area contributed by atoms with Crippen LogP contribution in [0, 0.1) is 23.5 Å². The van der Waals surface area contributed by atoms with Gasteiger partial charge in [-0.05, 0) is 49.7 Å². The maximum absolute atomic E-state index is 13.9. The monoisotopic (exact) mass is 282 g/mol. The van der Waals surface area contributed by atoms with Crippen LogP contribution in [0.4, 0.5) is 8.78 Å². The van der Waals surface area contributed by atoms with Crippen molar-refractivity contribution in [2.45, 2.75) is 38.5 Å². The van der Waals surface area contributed by atoms with Gasteiger partial charge >= 0.3 is 0 Å². The van der Waals surface area contributed by atoms with Crippen LogP contribution in [0.1, 0.15) is 38.5 Å². The lowest BCUT2D eigenvalue weighted by molar-refractivity contribution is 0.166. The zero-order valence-electron chi connectivity index (χ0n) is 11.5. The minimum Gasteiger partial charge on any atom is -0.490 e. The van der Waals surface area contributed by atoms with Gasteiger partial charge in [-0.1, -0.05) is 12.8 Å². The Bertz CT molecular complexity index is 425. The molecular weight excluding hydrogens is 262 g/mol. The molecule has 4 heteroatoms. The normalized spacial score (nSPS) is 19.3. The van der Waals surface area contributed by atoms with Gasteiger partial charge in [0.25, 0.3) is 0 Å². The Balaban J connectivity index is 1.59.